The van der Waals surface area contributed by atoms with Crippen LogP contribution >= 0.6 is 11.3 Å². The maximum atomic E-state index is 5.52. The summed E-state index contributed by atoms with van der Waals surface area (Å²) in [4.78, 5) is 4.56. The summed E-state index contributed by atoms with van der Waals surface area (Å²) in [5, 5.41) is 6.86. The van der Waals surface area contributed by atoms with Crippen LogP contribution in [0.1, 0.15) is 37.4 Å². The highest BCUT2D eigenvalue weighted by molar-refractivity contribution is 7.09. The quantitative estimate of drug-likeness (QED) is 0.783. The molecule has 0 spiro atoms. The first-order chi connectivity index (χ1) is 8.16. The Hall–Kier alpha value is -0.450. The normalized spacial score (nSPS) is 17.6. The molecule has 1 fully saturated rings. The minimum Gasteiger partial charge on any atom is -0.330 e. The van der Waals surface area contributed by atoms with Gasteiger partial charge in [-0.25, -0.2) is 4.98 Å². The van der Waals surface area contributed by atoms with Gasteiger partial charge in [-0.3, -0.25) is 0 Å². The molecule has 96 valence electrons. The van der Waals surface area contributed by atoms with E-state index in [0.29, 0.717) is 12.0 Å². The molecule has 0 atom stereocenters. The van der Waals surface area contributed by atoms with Gasteiger partial charge in [0.05, 0.1) is 10.7 Å². The van der Waals surface area contributed by atoms with Crippen molar-refractivity contribution in [2.45, 2.75) is 39.7 Å². The molecule has 1 saturated carbocycles. The van der Waals surface area contributed by atoms with E-state index in [1.54, 1.807) is 11.3 Å². The van der Waals surface area contributed by atoms with Gasteiger partial charge in [-0.15, -0.1) is 11.3 Å². The van der Waals surface area contributed by atoms with Crippen molar-refractivity contribution >= 4 is 11.3 Å². The zero-order valence-electron chi connectivity index (χ0n) is 10.8. The van der Waals surface area contributed by atoms with E-state index in [4.69, 9.17) is 5.73 Å². The first-order valence-corrected chi connectivity index (χ1v) is 7.38. The molecule has 1 aromatic heterocycles. The Morgan fingerprint density at radius 2 is 2.29 bits per heavy atom. The van der Waals surface area contributed by atoms with Gasteiger partial charge in [-0.1, -0.05) is 13.8 Å². The van der Waals surface area contributed by atoms with Gasteiger partial charge in [0.2, 0.25) is 0 Å². The number of nitrogens with two attached hydrogens (primary N) is 1. The molecule has 17 heavy (non-hydrogen) atoms. The van der Waals surface area contributed by atoms with Gasteiger partial charge in [-0.05, 0) is 30.7 Å². The van der Waals surface area contributed by atoms with Crippen molar-refractivity contribution in [1.29, 1.82) is 0 Å². The van der Waals surface area contributed by atoms with Gasteiger partial charge >= 0.3 is 0 Å². The van der Waals surface area contributed by atoms with E-state index in [0.717, 1.165) is 36.1 Å². The predicted molar refractivity (Wildman–Crippen MR) is 73.1 cm³/mol. The van der Waals surface area contributed by atoms with Gasteiger partial charge in [0.25, 0.3) is 0 Å². The number of thiazole rings is 1. The second-order valence-electron chi connectivity index (χ2n) is 5.39. The second-order valence-corrected chi connectivity index (χ2v) is 6.33. The van der Waals surface area contributed by atoms with E-state index in [-0.39, 0.29) is 0 Å². The molecule has 1 aliphatic carbocycles. The number of hydrogen-bond acceptors (Lipinski definition) is 4. The average molecular weight is 253 g/mol. The molecule has 0 radical (unpaired) electrons. The first-order valence-electron chi connectivity index (χ1n) is 6.50. The summed E-state index contributed by atoms with van der Waals surface area (Å²) in [6.45, 7) is 7.38. The number of aromatic nitrogens is 1. The monoisotopic (exact) mass is 253 g/mol. The lowest BCUT2D eigenvalue weighted by Gasteiger charge is -2.19. The molecule has 4 heteroatoms. The molecule has 0 aromatic carbocycles. The summed E-state index contributed by atoms with van der Waals surface area (Å²) in [5.41, 5.74) is 7.26. The summed E-state index contributed by atoms with van der Waals surface area (Å²) in [7, 11) is 0. The molecule has 1 aliphatic rings. The molecule has 3 nitrogen and oxygen atoms in total. The van der Waals surface area contributed by atoms with Crippen molar-refractivity contribution in [1.82, 2.24) is 10.3 Å². The molecule has 3 N–H and O–H groups in total. The molecule has 0 amide bonds. The van der Waals surface area contributed by atoms with Crippen LogP contribution in [0.25, 0.3) is 0 Å². The van der Waals surface area contributed by atoms with Crippen LogP contribution in [0.4, 0.5) is 0 Å². The van der Waals surface area contributed by atoms with Crippen molar-refractivity contribution in [3.8, 4) is 0 Å². The summed E-state index contributed by atoms with van der Waals surface area (Å²) in [6.07, 6.45) is 3.67. The van der Waals surface area contributed by atoms with Crippen LogP contribution in [-0.2, 0) is 13.0 Å². The zero-order valence-corrected chi connectivity index (χ0v) is 11.6. The van der Waals surface area contributed by atoms with Crippen molar-refractivity contribution < 1.29 is 0 Å². The van der Waals surface area contributed by atoms with Crippen LogP contribution in [-0.4, -0.2) is 18.1 Å². The molecule has 1 aromatic rings. The van der Waals surface area contributed by atoms with Crippen LogP contribution < -0.4 is 11.1 Å². The Kier molecular flexibility index (Phi) is 4.17. The summed E-state index contributed by atoms with van der Waals surface area (Å²) in [6, 6.07) is 0. The van der Waals surface area contributed by atoms with Gasteiger partial charge < -0.3 is 11.1 Å². The molecule has 1 heterocycles. The Labute approximate surface area is 108 Å². The van der Waals surface area contributed by atoms with Gasteiger partial charge in [0.15, 0.2) is 0 Å². The third kappa shape index (κ3) is 3.27. The van der Waals surface area contributed by atoms with Crippen LogP contribution in [0.15, 0.2) is 5.38 Å². The zero-order chi connectivity index (χ0) is 12.3. The van der Waals surface area contributed by atoms with E-state index in [1.165, 1.54) is 12.8 Å². The standard InChI is InChI=1S/C13H23N3S/c1-10(2)13(4-5-13)9-15-7-11-8-17-12(16-11)3-6-14/h8,10,15H,3-7,9,14H2,1-2H3. The SMILES string of the molecule is CC(C)C1(CNCc2csc(CCN)n2)CC1. The smallest absolute Gasteiger partial charge is 0.0941 e. The van der Waals surface area contributed by atoms with E-state index >= 15 is 0 Å². The molecular weight excluding hydrogens is 230 g/mol. The third-order valence-electron chi connectivity index (χ3n) is 3.86. The number of rotatable bonds is 7. The first kappa shape index (κ1) is 13.0. The van der Waals surface area contributed by atoms with E-state index < -0.39 is 0 Å². The second kappa shape index (κ2) is 5.46. The molecule has 0 bridgehead atoms. The number of hydrogen-bond donors (Lipinski definition) is 2. The van der Waals surface area contributed by atoms with Crippen molar-refractivity contribution in [3.63, 3.8) is 0 Å². The number of nitrogens with zero attached hydrogens (tertiary/aromatic N) is 1. The maximum absolute atomic E-state index is 5.52. The van der Waals surface area contributed by atoms with E-state index in [1.807, 2.05) is 0 Å². The van der Waals surface area contributed by atoms with E-state index in [9.17, 15) is 0 Å². The van der Waals surface area contributed by atoms with Gasteiger partial charge in [0.1, 0.15) is 0 Å². The largest absolute Gasteiger partial charge is 0.330 e. The Bertz CT molecular complexity index is 355. The van der Waals surface area contributed by atoms with E-state index in [2.05, 4.69) is 29.5 Å². The topological polar surface area (TPSA) is 50.9 Å². The minimum atomic E-state index is 0.579. The van der Waals surface area contributed by atoms with Crippen molar-refractivity contribution in [3.05, 3.63) is 16.1 Å². The molecule has 0 unspecified atom stereocenters. The fourth-order valence-electron chi connectivity index (χ4n) is 2.23. The highest BCUT2D eigenvalue weighted by Crippen LogP contribution is 2.51. The lowest BCUT2D eigenvalue weighted by molar-refractivity contribution is 0.337. The Balaban J connectivity index is 1.74. The van der Waals surface area contributed by atoms with Crippen LogP contribution in [0, 0.1) is 11.3 Å². The highest BCUT2D eigenvalue weighted by atomic mass is 32.1. The fourth-order valence-corrected chi connectivity index (χ4v) is 3.04. The maximum Gasteiger partial charge on any atom is 0.0941 e. The molecular formula is C13H23N3S. The highest BCUT2D eigenvalue weighted by Gasteiger charge is 2.44. The third-order valence-corrected chi connectivity index (χ3v) is 4.82. The average Bonchev–Trinajstić information content (AvgIpc) is 2.95. The lowest BCUT2D eigenvalue weighted by atomic mass is 9.92. The van der Waals surface area contributed by atoms with Gasteiger partial charge in [-0.2, -0.15) is 0 Å². The molecule has 0 aliphatic heterocycles. The molecule has 2 rings (SSSR count). The minimum absolute atomic E-state index is 0.579. The van der Waals surface area contributed by atoms with Crippen molar-refractivity contribution in [2.75, 3.05) is 13.1 Å². The summed E-state index contributed by atoms with van der Waals surface area (Å²) < 4.78 is 0. The Morgan fingerprint density at radius 3 is 2.88 bits per heavy atom. The van der Waals surface area contributed by atoms with Crippen LogP contribution in [0.2, 0.25) is 0 Å². The lowest BCUT2D eigenvalue weighted by Crippen LogP contribution is -2.27. The summed E-state index contributed by atoms with van der Waals surface area (Å²) >= 11 is 1.72. The summed E-state index contributed by atoms with van der Waals surface area (Å²) in [5.74, 6) is 0.790. The molecule has 0 saturated heterocycles. The predicted octanol–water partition coefficient (Wildman–Crippen LogP) is 2.17. The fraction of sp³-hybridized carbons (Fsp3) is 0.769. The number of nitrogens with one attached hydrogen (secondary N) is 1. The van der Waals surface area contributed by atoms with Gasteiger partial charge in [0, 0.05) is 24.9 Å². The van der Waals surface area contributed by atoms with Crippen LogP contribution in [0.5, 0.6) is 0 Å². The Morgan fingerprint density at radius 1 is 1.53 bits per heavy atom. The van der Waals surface area contributed by atoms with Crippen LogP contribution in [0.3, 0.4) is 0 Å². The van der Waals surface area contributed by atoms with Crippen molar-refractivity contribution in [2.24, 2.45) is 17.1 Å².